The van der Waals surface area contributed by atoms with Crippen molar-refractivity contribution >= 4 is 40.1 Å². The first-order valence-corrected chi connectivity index (χ1v) is 9.75. The number of aryl methyl sites for hydroxylation is 1. The Balaban J connectivity index is 1.77. The van der Waals surface area contributed by atoms with Crippen LogP contribution >= 0.6 is 11.3 Å². The van der Waals surface area contributed by atoms with E-state index in [-0.39, 0.29) is 11.4 Å². The fourth-order valence-corrected chi connectivity index (χ4v) is 3.88. The molecule has 0 saturated heterocycles. The van der Waals surface area contributed by atoms with Crippen LogP contribution in [0.25, 0.3) is 5.57 Å². The number of anilines is 2. The van der Waals surface area contributed by atoms with Crippen LogP contribution in [0, 0.1) is 5.82 Å². The molecule has 0 atom stereocenters. The number of benzene rings is 2. The normalized spacial score (nSPS) is 14.1. The van der Waals surface area contributed by atoms with Crippen LogP contribution < -0.4 is 10.2 Å². The third-order valence-corrected chi connectivity index (χ3v) is 5.44. The zero-order chi connectivity index (χ0) is 19.7. The number of rotatable bonds is 5. The highest BCUT2D eigenvalue weighted by Gasteiger charge is 2.40. The van der Waals surface area contributed by atoms with Gasteiger partial charge in [-0.25, -0.2) is 9.29 Å². The van der Waals surface area contributed by atoms with E-state index in [1.54, 1.807) is 12.1 Å². The molecule has 3 aromatic rings. The van der Waals surface area contributed by atoms with Crippen LogP contribution in [-0.4, -0.2) is 11.8 Å². The molecule has 4 rings (SSSR count). The van der Waals surface area contributed by atoms with Crippen LogP contribution in [0.1, 0.15) is 17.4 Å². The van der Waals surface area contributed by atoms with Crippen molar-refractivity contribution in [3.63, 3.8) is 0 Å². The second-order valence-corrected chi connectivity index (χ2v) is 7.28. The lowest BCUT2D eigenvalue weighted by atomic mass is 10.1. The topological polar surface area (TPSA) is 49.4 Å². The Labute approximate surface area is 165 Å². The van der Waals surface area contributed by atoms with Crippen molar-refractivity contribution in [2.45, 2.75) is 13.3 Å². The number of carbonyl (C=O) groups excluding carboxylic acids is 2. The van der Waals surface area contributed by atoms with Gasteiger partial charge in [0.05, 0.1) is 11.3 Å². The molecule has 0 aliphatic carbocycles. The maximum atomic E-state index is 13.7. The van der Waals surface area contributed by atoms with E-state index in [1.807, 2.05) is 35.7 Å². The number of nitrogens with zero attached hydrogens (tertiary/aromatic N) is 1. The van der Waals surface area contributed by atoms with E-state index in [4.69, 9.17) is 0 Å². The molecule has 1 aromatic heterocycles. The smallest absolute Gasteiger partial charge is 0.282 e. The lowest BCUT2D eigenvalue weighted by molar-refractivity contribution is -0.120. The molecule has 0 saturated carbocycles. The molecule has 2 aromatic carbocycles. The third kappa shape index (κ3) is 3.23. The van der Waals surface area contributed by atoms with E-state index < -0.39 is 17.6 Å². The van der Waals surface area contributed by atoms with Crippen LogP contribution in [0.4, 0.5) is 15.8 Å². The number of imide groups is 1. The Hall–Kier alpha value is -3.25. The van der Waals surface area contributed by atoms with Crippen molar-refractivity contribution in [1.29, 1.82) is 0 Å². The van der Waals surface area contributed by atoms with E-state index in [1.165, 1.54) is 35.1 Å². The molecule has 4 nitrogen and oxygen atoms in total. The summed E-state index contributed by atoms with van der Waals surface area (Å²) in [4.78, 5) is 27.9. The van der Waals surface area contributed by atoms with Crippen molar-refractivity contribution in [3.05, 3.63) is 88.0 Å². The summed E-state index contributed by atoms with van der Waals surface area (Å²) in [5.41, 5.74) is 2.59. The molecule has 2 heterocycles. The van der Waals surface area contributed by atoms with E-state index in [9.17, 15) is 14.0 Å². The number of carbonyl (C=O) groups is 2. The summed E-state index contributed by atoms with van der Waals surface area (Å²) in [6, 6.07) is 16.8. The monoisotopic (exact) mass is 392 g/mol. The van der Waals surface area contributed by atoms with Crippen molar-refractivity contribution in [3.8, 4) is 0 Å². The van der Waals surface area contributed by atoms with Gasteiger partial charge < -0.3 is 5.32 Å². The lowest BCUT2D eigenvalue weighted by Crippen LogP contribution is -2.32. The van der Waals surface area contributed by atoms with Crippen LogP contribution in [-0.2, 0) is 16.0 Å². The van der Waals surface area contributed by atoms with E-state index in [2.05, 4.69) is 12.2 Å². The number of halogens is 1. The van der Waals surface area contributed by atoms with Crippen LogP contribution in [0.5, 0.6) is 0 Å². The molecule has 6 heteroatoms. The summed E-state index contributed by atoms with van der Waals surface area (Å²) < 4.78 is 13.7. The van der Waals surface area contributed by atoms with Crippen molar-refractivity contribution in [2.24, 2.45) is 0 Å². The quantitative estimate of drug-likeness (QED) is 0.632. The largest absolute Gasteiger partial charge is 0.350 e. The zero-order valence-electron chi connectivity index (χ0n) is 15.1. The highest BCUT2D eigenvalue weighted by molar-refractivity contribution is 7.11. The first-order chi connectivity index (χ1) is 13.6. The molecule has 0 unspecified atom stereocenters. The fraction of sp³-hybridized carbons (Fsp3) is 0.0909. The van der Waals surface area contributed by atoms with Crippen molar-refractivity contribution in [2.75, 3.05) is 10.2 Å². The lowest BCUT2D eigenvalue weighted by Gasteiger charge is -2.15. The molecule has 0 radical (unpaired) electrons. The number of nitrogens with one attached hydrogen (secondary N) is 1. The Morgan fingerprint density at radius 1 is 1.00 bits per heavy atom. The van der Waals surface area contributed by atoms with Gasteiger partial charge in [-0.1, -0.05) is 31.2 Å². The average molecular weight is 392 g/mol. The summed E-state index contributed by atoms with van der Waals surface area (Å²) in [6.45, 7) is 2.07. The van der Waals surface area contributed by atoms with Gasteiger partial charge in [-0.2, -0.15) is 0 Å². The molecular weight excluding hydrogens is 375 g/mol. The summed E-state index contributed by atoms with van der Waals surface area (Å²) in [7, 11) is 0. The molecule has 0 spiro atoms. The minimum absolute atomic E-state index is 0.195. The first-order valence-electron chi connectivity index (χ1n) is 8.87. The van der Waals surface area contributed by atoms with Gasteiger partial charge in [0.15, 0.2) is 0 Å². The molecule has 0 fully saturated rings. The maximum Gasteiger partial charge on any atom is 0.282 e. The first kappa shape index (κ1) is 18.1. The number of thiophene rings is 1. The Morgan fingerprint density at radius 2 is 1.79 bits per heavy atom. The highest BCUT2D eigenvalue weighted by atomic mass is 32.1. The second-order valence-electron chi connectivity index (χ2n) is 6.33. The molecule has 2 amide bonds. The number of hydrogen-bond donors (Lipinski definition) is 1. The molecule has 1 aliphatic heterocycles. The van der Waals surface area contributed by atoms with Gasteiger partial charge in [-0.3, -0.25) is 9.59 Å². The molecule has 28 heavy (non-hydrogen) atoms. The van der Waals surface area contributed by atoms with Gasteiger partial charge >= 0.3 is 0 Å². The predicted molar refractivity (Wildman–Crippen MR) is 110 cm³/mol. The average Bonchev–Trinajstić information content (AvgIpc) is 3.29. The Morgan fingerprint density at radius 3 is 2.43 bits per heavy atom. The standard InChI is InChI=1S/C22H17FN2O2S/c1-2-14-8-10-16(11-9-14)24-20-19(18-7-4-12-28-18)21(26)25(22(20)27)17-6-3-5-15(23)13-17/h3-13,24H,2H2,1H3. The number of amides is 2. The highest BCUT2D eigenvalue weighted by Crippen LogP contribution is 2.35. The Kier molecular flexibility index (Phi) is 4.79. The van der Waals surface area contributed by atoms with Gasteiger partial charge in [0.25, 0.3) is 11.8 Å². The summed E-state index contributed by atoms with van der Waals surface area (Å²) >= 11 is 1.38. The third-order valence-electron chi connectivity index (χ3n) is 4.55. The Bertz CT molecular complexity index is 1070. The molecule has 140 valence electrons. The van der Waals surface area contributed by atoms with Gasteiger partial charge in [-0.15, -0.1) is 11.3 Å². The van der Waals surface area contributed by atoms with E-state index >= 15 is 0 Å². The molecular formula is C22H17FN2O2S. The van der Waals surface area contributed by atoms with Crippen LogP contribution in [0.15, 0.2) is 71.7 Å². The van der Waals surface area contributed by atoms with Gasteiger partial charge in [0.1, 0.15) is 11.5 Å². The van der Waals surface area contributed by atoms with Gasteiger partial charge in [0, 0.05) is 10.6 Å². The van der Waals surface area contributed by atoms with Crippen molar-refractivity contribution < 1.29 is 14.0 Å². The van der Waals surface area contributed by atoms with E-state index in [0.29, 0.717) is 16.1 Å². The summed E-state index contributed by atoms with van der Waals surface area (Å²) in [5.74, 6) is -1.48. The SMILES string of the molecule is CCc1ccc(NC2=C(c3cccs3)C(=O)N(c3cccc(F)c3)C2=O)cc1. The molecule has 0 bridgehead atoms. The second kappa shape index (κ2) is 7.40. The maximum absolute atomic E-state index is 13.7. The van der Waals surface area contributed by atoms with Crippen molar-refractivity contribution in [1.82, 2.24) is 0 Å². The van der Waals surface area contributed by atoms with Crippen LogP contribution in [0.3, 0.4) is 0 Å². The minimum atomic E-state index is -0.507. The summed E-state index contributed by atoms with van der Waals surface area (Å²) in [6.07, 6.45) is 0.911. The number of hydrogen-bond acceptors (Lipinski definition) is 4. The zero-order valence-corrected chi connectivity index (χ0v) is 15.9. The van der Waals surface area contributed by atoms with Crippen LogP contribution in [0.2, 0.25) is 0 Å². The molecule has 1 N–H and O–H groups in total. The fourth-order valence-electron chi connectivity index (χ4n) is 3.11. The van der Waals surface area contributed by atoms with Gasteiger partial charge in [0.2, 0.25) is 0 Å². The molecule has 1 aliphatic rings. The van der Waals surface area contributed by atoms with E-state index in [0.717, 1.165) is 11.3 Å². The summed E-state index contributed by atoms with van der Waals surface area (Å²) in [5, 5.41) is 4.95. The predicted octanol–water partition coefficient (Wildman–Crippen LogP) is 4.85. The minimum Gasteiger partial charge on any atom is -0.350 e. The van der Waals surface area contributed by atoms with Gasteiger partial charge in [-0.05, 0) is 53.8 Å².